The molecule has 0 unspecified atom stereocenters. The Morgan fingerprint density at radius 1 is 1.33 bits per heavy atom. The van der Waals surface area contributed by atoms with Crippen molar-refractivity contribution in [3.63, 3.8) is 0 Å². The van der Waals surface area contributed by atoms with Crippen molar-refractivity contribution < 1.29 is 19.0 Å². The fourth-order valence-electron chi connectivity index (χ4n) is 2.12. The van der Waals surface area contributed by atoms with E-state index in [1.165, 1.54) is 7.11 Å². The van der Waals surface area contributed by atoms with E-state index in [0.29, 0.717) is 26.1 Å². The average molecular weight is 250 g/mol. The molecule has 98 valence electrons. The number of rotatable bonds is 5. The van der Waals surface area contributed by atoms with E-state index in [-0.39, 0.29) is 18.2 Å². The number of esters is 1. The molecule has 1 aliphatic heterocycles. The second-order valence-electron chi connectivity index (χ2n) is 4.29. The zero-order valence-electron chi connectivity index (χ0n) is 10.5. The Morgan fingerprint density at radius 3 is 2.61 bits per heavy atom. The van der Waals surface area contributed by atoms with Crippen molar-refractivity contribution in [2.24, 2.45) is 0 Å². The van der Waals surface area contributed by atoms with Gasteiger partial charge in [-0.3, -0.25) is 4.79 Å². The summed E-state index contributed by atoms with van der Waals surface area (Å²) in [7, 11) is 1.41. The van der Waals surface area contributed by atoms with E-state index in [4.69, 9.17) is 14.2 Å². The zero-order chi connectivity index (χ0) is 12.8. The van der Waals surface area contributed by atoms with Crippen molar-refractivity contribution in [1.82, 2.24) is 0 Å². The van der Waals surface area contributed by atoms with E-state index in [2.05, 4.69) is 0 Å². The SMILES string of the molecule is COC(=O)C[C@@H](CC1OCCO1)c1ccccc1. The molecule has 0 aromatic heterocycles. The van der Waals surface area contributed by atoms with Crippen LogP contribution < -0.4 is 0 Å². The maximum atomic E-state index is 11.5. The molecule has 1 atom stereocenters. The molecule has 0 amide bonds. The number of carbonyl (C=O) groups excluding carboxylic acids is 1. The minimum absolute atomic E-state index is 0.0711. The first-order chi connectivity index (χ1) is 8.79. The van der Waals surface area contributed by atoms with Crippen molar-refractivity contribution in [2.45, 2.75) is 25.0 Å². The van der Waals surface area contributed by atoms with Crippen LogP contribution in [0.1, 0.15) is 24.3 Å². The van der Waals surface area contributed by atoms with Gasteiger partial charge in [-0.05, 0) is 11.5 Å². The van der Waals surface area contributed by atoms with Gasteiger partial charge in [0.2, 0.25) is 0 Å². The fourth-order valence-corrected chi connectivity index (χ4v) is 2.12. The van der Waals surface area contributed by atoms with E-state index >= 15 is 0 Å². The maximum absolute atomic E-state index is 11.5. The lowest BCUT2D eigenvalue weighted by atomic mass is 9.92. The van der Waals surface area contributed by atoms with Crippen molar-refractivity contribution in [1.29, 1.82) is 0 Å². The van der Waals surface area contributed by atoms with Crippen molar-refractivity contribution in [2.75, 3.05) is 20.3 Å². The van der Waals surface area contributed by atoms with Crippen LogP contribution in [0, 0.1) is 0 Å². The Hall–Kier alpha value is -1.39. The van der Waals surface area contributed by atoms with Gasteiger partial charge in [-0.2, -0.15) is 0 Å². The number of benzene rings is 1. The normalized spacial score (nSPS) is 17.6. The Bertz CT molecular complexity index is 371. The standard InChI is InChI=1S/C14H18O4/c1-16-13(15)9-12(10-14-17-7-8-18-14)11-5-3-2-4-6-11/h2-6,12,14H,7-10H2,1H3/t12-/m0/s1. The highest BCUT2D eigenvalue weighted by molar-refractivity contribution is 5.70. The second-order valence-corrected chi connectivity index (χ2v) is 4.29. The van der Waals surface area contributed by atoms with Crippen LogP contribution in [0.15, 0.2) is 30.3 Å². The number of ether oxygens (including phenoxy) is 3. The highest BCUT2D eigenvalue weighted by atomic mass is 16.7. The molecule has 2 rings (SSSR count). The third-order valence-electron chi connectivity index (χ3n) is 3.08. The molecule has 18 heavy (non-hydrogen) atoms. The van der Waals surface area contributed by atoms with Crippen LogP contribution in [-0.4, -0.2) is 32.6 Å². The van der Waals surface area contributed by atoms with Crippen LogP contribution in [-0.2, 0) is 19.0 Å². The number of hydrogen-bond acceptors (Lipinski definition) is 4. The summed E-state index contributed by atoms with van der Waals surface area (Å²) < 4.78 is 15.6. The second kappa shape index (κ2) is 6.52. The monoisotopic (exact) mass is 250 g/mol. The Labute approximate surface area is 107 Å². The average Bonchev–Trinajstić information content (AvgIpc) is 2.92. The van der Waals surface area contributed by atoms with Gasteiger partial charge in [0, 0.05) is 6.42 Å². The summed E-state index contributed by atoms with van der Waals surface area (Å²) in [6.07, 6.45) is 0.822. The molecule has 0 aliphatic carbocycles. The Kier molecular flexibility index (Phi) is 4.73. The van der Waals surface area contributed by atoms with Crippen LogP contribution >= 0.6 is 0 Å². The number of carbonyl (C=O) groups is 1. The van der Waals surface area contributed by atoms with Gasteiger partial charge in [-0.15, -0.1) is 0 Å². The summed E-state index contributed by atoms with van der Waals surface area (Å²) >= 11 is 0. The minimum Gasteiger partial charge on any atom is -0.469 e. The summed E-state index contributed by atoms with van der Waals surface area (Å²) in [6, 6.07) is 9.93. The van der Waals surface area contributed by atoms with E-state index in [1.54, 1.807) is 0 Å². The van der Waals surface area contributed by atoms with E-state index in [1.807, 2.05) is 30.3 Å². The third kappa shape index (κ3) is 3.55. The molecule has 1 aliphatic rings. The molecular formula is C14H18O4. The van der Waals surface area contributed by atoms with Gasteiger partial charge in [0.25, 0.3) is 0 Å². The van der Waals surface area contributed by atoms with Crippen LogP contribution in [0.3, 0.4) is 0 Å². The summed E-state index contributed by atoms with van der Waals surface area (Å²) in [5, 5.41) is 0. The summed E-state index contributed by atoms with van der Waals surface area (Å²) in [6.45, 7) is 1.26. The predicted octanol–water partition coefficient (Wildman–Crippen LogP) is 2.10. The van der Waals surface area contributed by atoms with Gasteiger partial charge in [0.05, 0.1) is 26.7 Å². The topological polar surface area (TPSA) is 44.8 Å². The van der Waals surface area contributed by atoms with Crippen molar-refractivity contribution in [3.8, 4) is 0 Å². The van der Waals surface area contributed by atoms with Crippen molar-refractivity contribution in [3.05, 3.63) is 35.9 Å². The Balaban J connectivity index is 2.04. The van der Waals surface area contributed by atoms with E-state index in [9.17, 15) is 4.79 Å². The Morgan fingerprint density at radius 2 is 2.00 bits per heavy atom. The molecule has 4 nitrogen and oxygen atoms in total. The van der Waals surface area contributed by atoms with Gasteiger partial charge in [0.15, 0.2) is 6.29 Å². The maximum Gasteiger partial charge on any atom is 0.306 e. The van der Waals surface area contributed by atoms with Gasteiger partial charge < -0.3 is 14.2 Å². The number of methoxy groups -OCH3 is 1. The van der Waals surface area contributed by atoms with Gasteiger partial charge in [0.1, 0.15) is 0 Å². The van der Waals surface area contributed by atoms with Crippen LogP contribution in [0.4, 0.5) is 0 Å². The summed E-state index contributed by atoms with van der Waals surface area (Å²) in [4.78, 5) is 11.5. The molecule has 4 heteroatoms. The molecule has 1 aromatic rings. The smallest absolute Gasteiger partial charge is 0.306 e. The molecule has 0 saturated carbocycles. The number of hydrogen-bond donors (Lipinski definition) is 0. The van der Waals surface area contributed by atoms with Crippen LogP contribution in [0.2, 0.25) is 0 Å². The lowest BCUT2D eigenvalue weighted by Crippen LogP contribution is -2.17. The van der Waals surface area contributed by atoms with Gasteiger partial charge in [-0.1, -0.05) is 30.3 Å². The van der Waals surface area contributed by atoms with Crippen molar-refractivity contribution >= 4 is 5.97 Å². The van der Waals surface area contributed by atoms with Crippen LogP contribution in [0.25, 0.3) is 0 Å². The molecule has 0 N–H and O–H groups in total. The first kappa shape index (κ1) is 13.1. The quantitative estimate of drug-likeness (QED) is 0.751. The minimum atomic E-state index is -0.208. The largest absolute Gasteiger partial charge is 0.469 e. The zero-order valence-corrected chi connectivity index (χ0v) is 10.5. The molecular weight excluding hydrogens is 232 g/mol. The fraction of sp³-hybridized carbons (Fsp3) is 0.500. The lowest BCUT2D eigenvalue weighted by molar-refractivity contribution is -0.141. The molecule has 1 fully saturated rings. The van der Waals surface area contributed by atoms with E-state index in [0.717, 1.165) is 5.56 Å². The third-order valence-corrected chi connectivity index (χ3v) is 3.08. The molecule has 0 spiro atoms. The van der Waals surface area contributed by atoms with Gasteiger partial charge in [-0.25, -0.2) is 0 Å². The van der Waals surface area contributed by atoms with E-state index < -0.39 is 0 Å². The molecule has 1 aromatic carbocycles. The predicted molar refractivity (Wildman–Crippen MR) is 66.1 cm³/mol. The highest BCUT2D eigenvalue weighted by Gasteiger charge is 2.24. The summed E-state index contributed by atoms with van der Waals surface area (Å²) in [5.41, 5.74) is 1.11. The highest BCUT2D eigenvalue weighted by Crippen LogP contribution is 2.27. The molecule has 1 heterocycles. The molecule has 0 radical (unpaired) electrons. The van der Waals surface area contributed by atoms with Gasteiger partial charge >= 0.3 is 5.97 Å². The first-order valence-corrected chi connectivity index (χ1v) is 6.14. The first-order valence-electron chi connectivity index (χ1n) is 6.14. The lowest BCUT2D eigenvalue weighted by Gasteiger charge is -2.19. The molecule has 1 saturated heterocycles. The van der Waals surface area contributed by atoms with Crippen LogP contribution in [0.5, 0.6) is 0 Å². The summed E-state index contributed by atoms with van der Waals surface area (Å²) in [5.74, 6) is -0.136. The molecule has 0 bridgehead atoms.